The number of hydrogen-bond donors (Lipinski definition) is 1. The lowest BCUT2D eigenvalue weighted by Gasteiger charge is -2.45. The van der Waals surface area contributed by atoms with Crippen LogP contribution in [0.1, 0.15) is 38.5 Å². The van der Waals surface area contributed by atoms with Crippen molar-refractivity contribution in [3.8, 4) is 0 Å². The third-order valence-electron chi connectivity index (χ3n) is 5.31. The van der Waals surface area contributed by atoms with Gasteiger partial charge in [-0.05, 0) is 36.9 Å². The molecule has 4 aliphatic rings. The third-order valence-corrected chi connectivity index (χ3v) is 6.55. The molecule has 4 atom stereocenters. The Hall–Kier alpha value is -0.400. The highest BCUT2D eigenvalue weighted by Gasteiger charge is 2.65. The van der Waals surface area contributed by atoms with Crippen LogP contribution in [0.2, 0.25) is 0 Å². The van der Waals surface area contributed by atoms with Crippen molar-refractivity contribution in [1.29, 1.82) is 0 Å². The summed E-state index contributed by atoms with van der Waals surface area (Å²) < 4.78 is 15.8. The summed E-state index contributed by atoms with van der Waals surface area (Å²) in [6.45, 7) is 0.259. The number of carbonyl (C=O) groups excluding carboxylic acids is 2. The highest BCUT2D eigenvalue weighted by atomic mass is 32.2. The van der Waals surface area contributed by atoms with Gasteiger partial charge in [-0.3, -0.25) is 9.59 Å². The maximum absolute atomic E-state index is 11.6. The van der Waals surface area contributed by atoms with Gasteiger partial charge in [-0.25, -0.2) is 0 Å². The summed E-state index contributed by atoms with van der Waals surface area (Å²) in [5.41, 5.74) is 0.283. The van der Waals surface area contributed by atoms with Crippen molar-refractivity contribution in [2.45, 2.75) is 50.2 Å². The number of thioether (sulfide) groups is 1. The van der Waals surface area contributed by atoms with Crippen LogP contribution in [-0.4, -0.2) is 54.1 Å². The van der Waals surface area contributed by atoms with E-state index in [-0.39, 0.29) is 37.2 Å². The van der Waals surface area contributed by atoms with E-state index < -0.39 is 0 Å². The lowest BCUT2D eigenvalue weighted by atomic mass is 9.79. The first-order chi connectivity index (χ1) is 11.6. The Morgan fingerprint density at radius 1 is 1.08 bits per heavy atom. The van der Waals surface area contributed by atoms with E-state index in [4.69, 9.17) is 14.2 Å². The normalized spacial score (nSPS) is 32.5. The standard InChI is InChI=1S/C17H26O5S2/c18-15(1-6-23)20-4-5-21-16(19)3-8-24-7-2-12-9-17-10-13(12)14(11-17)22-17/h12-14,23H,1-11H2. The van der Waals surface area contributed by atoms with Gasteiger partial charge in [0.15, 0.2) is 0 Å². The molecule has 2 saturated carbocycles. The lowest BCUT2D eigenvalue weighted by molar-refractivity contribution is -0.192. The summed E-state index contributed by atoms with van der Waals surface area (Å²) in [4.78, 5) is 22.7. The molecule has 1 spiro atoms. The number of esters is 2. The average molecular weight is 375 g/mol. The molecule has 2 saturated heterocycles. The van der Waals surface area contributed by atoms with Crippen LogP contribution in [0.3, 0.4) is 0 Å². The summed E-state index contributed by atoms with van der Waals surface area (Å²) in [5.74, 6) is 3.48. The van der Waals surface area contributed by atoms with E-state index in [0.717, 1.165) is 23.3 Å². The average Bonchev–Trinajstić information content (AvgIpc) is 3.17. The van der Waals surface area contributed by atoms with E-state index in [1.54, 1.807) is 0 Å². The number of hydrogen-bond acceptors (Lipinski definition) is 7. The van der Waals surface area contributed by atoms with E-state index in [1.807, 2.05) is 11.8 Å². The van der Waals surface area contributed by atoms with Gasteiger partial charge in [-0.1, -0.05) is 0 Å². The van der Waals surface area contributed by atoms with Crippen molar-refractivity contribution in [3.05, 3.63) is 0 Å². The molecule has 2 aliphatic heterocycles. The molecule has 5 nitrogen and oxygen atoms in total. The summed E-state index contributed by atoms with van der Waals surface area (Å²) in [6.07, 6.45) is 6.35. The molecule has 136 valence electrons. The molecule has 7 heteroatoms. The molecular weight excluding hydrogens is 348 g/mol. The first-order valence-electron chi connectivity index (χ1n) is 8.79. The van der Waals surface area contributed by atoms with Crippen LogP contribution in [0.4, 0.5) is 0 Å². The van der Waals surface area contributed by atoms with Crippen molar-refractivity contribution in [2.75, 3.05) is 30.5 Å². The van der Waals surface area contributed by atoms with Crippen LogP contribution in [0.15, 0.2) is 0 Å². The molecule has 2 aliphatic carbocycles. The quantitative estimate of drug-likeness (QED) is 0.341. The van der Waals surface area contributed by atoms with E-state index in [1.165, 1.54) is 25.7 Å². The number of rotatable bonds is 11. The largest absolute Gasteiger partial charge is 0.462 e. The molecule has 0 aromatic heterocycles. The van der Waals surface area contributed by atoms with Crippen molar-refractivity contribution >= 4 is 36.3 Å². The maximum Gasteiger partial charge on any atom is 0.306 e. The summed E-state index contributed by atoms with van der Waals surface area (Å²) >= 11 is 5.77. The monoisotopic (exact) mass is 374 g/mol. The molecule has 0 N–H and O–H groups in total. The molecule has 24 heavy (non-hydrogen) atoms. The minimum Gasteiger partial charge on any atom is -0.462 e. The molecule has 0 radical (unpaired) electrons. The molecule has 0 aromatic carbocycles. The molecule has 0 amide bonds. The number of thiol groups is 1. The van der Waals surface area contributed by atoms with Crippen LogP contribution in [0.25, 0.3) is 0 Å². The zero-order valence-electron chi connectivity index (χ0n) is 13.9. The molecule has 4 rings (SSSR count). The number of ether oxygens (including phenoxy) is 3. The minimum atomic E-state index is -0.306. The van der Waals surface area contributed by atoms with Crippen LogP contribution in [-0.2, 0) is 23.8 Å². The minimum absolute atomic E-state index is 0.125. The van der Waals surface area contributed by atoms with E-state index in [9.17, 15) is 9.59 Å². The highest BCUT2D eigenvalue weighted by molar-refractivity contribution is 7.99. The van der Waals surface area contributed by atoms with Gasteiger partial charge in [-0.2, -0.15) is 24.4 Å². The Labute approximate surface area is 153 Å². The fraction of sp³-hybridized carbons (Fsp3) is 0.882. The summed E-state index contributed by atoms with van der Waals surface area (Å²) in [6, 6.07) is 0. The van der Waals surface area contributed by atoms with Crippen molar-refractivity contribution in [3.63, 3.8) is 0 Å². The number of carbonyl (C=O) groups is 2. The molecule has 2 heterocycles. The van der Waals surface area contributed by atoms with Crippen LogP contribution >= 0.6 is 24.4 Å². The van der Waals surface area contributed by atoms with E-state index in [0.29, 0.717) is 18.3 Å². The Morgan fingerprint density at radius 3 is 2.38 bits per heavy atom. The first-order valence-corrected chi connectivity index (χ1v) is 10.6. The molecule has 4 unspecified atom stereocenters. The fourth-order valence-corrected chi connectivity index (χ4v) is 5.45. The zero-order valence-corrected chi connectivity index (χ0v) is 15.6. The van der Waals surface area contributed by atoms with Gasteiger partial charge in [0.05, 0.1) is 24.5 Å². The molecular formula is C17H26O5S2. The Bertz CT molecular complexity index is 464. The van der Waals surface area contributed by atoms with Gasteiger partial charge < -0.3 is 14.2 Å². The van der Waals surface area contributed by atoms with Crippen molar-refractivity contribution in [1.82, 2.24) is 0 Å². The SMILES string of the molecule is O=C(CCS)OCCOC(=O)CCSCCC1CC23CC(O2)C1C3. The second-order valence-electron chi connectivity index (χ2n) is 6.94. The van der Waals surface area contributed by atoms with Crippen LogP contribution in [0.5, 0.6) is 0 Å². The van der Waals surface area contributed by atoms with Crippen LogP contribution in [0, 0.1) is 11.8 Å². The smallest absolute Gasteiger partial charge is 0.306 e. The van der Waals surface area contributed by atoms with Gasteiger partial charge in [-0.15, -0.1) is 0 Å². The first kappa shape index (κ1) is 18.4. The molecule has 4 fully saturated rings. The lowest BCUT2D eigenvalue weighted by Crippen LogP contribution is -2.48. The van der Waals surface area contributed by atoms with Crippen LogP contribution < -0.4 is 0 Å². The molecule has 3 bridgehead atoms. The summed E-state index contributed by atoms with van der Waals surface area (Å²) in [7, 11) is 0. The highest BCUT2D eigenvalue weighted by Crippen LogP contribution is 2.64. The third kappa shape index (κ3) is 4.41. The summed E-state index contributed by atoms with van der Waals surface area (Å²) in [5, 5.41) is 0. The zero-order chi connectivity index (χ0) is 17.0. The predicted molar refractivity (Wildman–Crippen MR) is 95.4 cm³/mol. The second-order valence-corrected chi connectivity index (χ2v) is 8.61. The maximum atomic E-state index is 11.6. The fourth-order valence-electron chi connectivity index (χ4n) is 4.28. The van der Waals surface area contributed by atoms with Crippen molar-refractivity contribution in [2.24, 2.45) is 11.8 Å². The Balaban J connectivity index is 1.15. The predicted octanol–water partition coefficient (Wildman–Crippen LogP) is 2.47. The van der Waals surface area contributed by atoms with E-state index >= 15 is 0 Å². The van der Waals surface area contributed by atoms with Gasteiger partial charge >= 0.3 is 11.9 Å². The van der Waals surface area contributed by atoms with Crippen molar-refractivity contribution < 1.29 is 23.8 Å². The topological polar surface area (TPSA) is 61.8 Å². The van der Waals surface area contributed by atoms with Gasteiger partial charge in [0.25, 0.3) is 0 Å². The van der Waals surface area contributed by atoms with Gasteiger partial charge in [0, 0.05) is 17.9 Å². The Kier molecular flexibility index (Phi) is 6.38. The van der Waals surface area contributed by atoms with Gasteiger partial charge in [0.2, 0.25) is 0 Å². The molecule has 0 aromatic rings. The Morgan fingerprint density at radius 2 is 1.79 bits per heavy atom. The second kappa shape index (κ2) is 8.32. The van der Waals surface area contributed by atoms with Gasteiger partial charge in [0.1, 0.15) is 13.2 Å². The van der Waals surface area contributed by atoms with E-state index in [2.05, 4.69) is 12.6 Å².